The maximum Gasteiger partial charge on any atom is 0.242 e. The van der Waals surface area contributed by atoms with E-state index >= 15 is 0 Å². The molecule has 5 heteroatoms. The molecule has 0 spiro atoms. The number of piperazine rings is 1. The van der Waals surface area contributed by atoms with Crippen molar-refractivity contribution in [2.45, 2.75) is 44.9 Å². The van der Waals surface area contributed by atoms with Crippen LogP contribution < -0.4 is 5.32 Å². The molecule has 2 rings (SSSR count). The summed E-state index contributed by atoms with van der Waals surface area (Å²) >= 11 is 0. The highest BCUT2D eigenvalue weighted by molar-refractivity contribution is 5.84. The summed E-state index contributed by atoms with van der Waals surface area (Å²) in [5.74, 6) is 0.911. The van der Waals surface area contributed by atoms with Crippen molar-refractivity contribution in [1.82, 2.24) is 15.1 Å². The van der Waals surface area contributed by atoms with Crippen molar-refractivity contribution in [2.24, 2.45) is 5.92 Å². The Bertz CT molecular complexity index is 347. The van der Waals surface area contributed by atoms with E-state index < -0.39 is 0 Å². The number of likely N-dealkylation sites (N-methyl/N-ethyl adjacent to an activating group) is 1. The van der Waals surface area contributed by atoms with E-state index in [2.05, 4.69) is 5.32 Å². The molecule has 0 radical (unpaired) electrons. The molecule has 1 saturated carbocycles. The first-order valence-electron chi connectivity index (χ1n) is 8.39. The summed E-state index contributed by atoms with van der Waals surface area (Å²) < 4.78 is 0. The molecule has 0 bridgehead atoms. The van der Waals surface area contributed by atoms with Gasteiger partial charge in [0.05, 0.1) is 6.54 Å². The maximum absolute atomic E-state index is 12.1. The molecule has 5 nitrogen and oxygen atoms in total. The van der Waals surface area contributed by atoms with E-state index in [1.165, 1.54) is 32.1 Å². The smallest absolute Gasteiger partial charge is 0.242 e. The average molecular weight is 295 g/mol. The van der Waals surface area contributed by atoms with Crippen molar-refractivity contribution in [3.63, 3.8) is 0 Å². The summed E-state index contributed by atoms with van der Waals surface area (Å²) in [5.41, 5.74) is 0. The summed E-state index contributed by atoms with van der Waals surface area (Å²) in [4.78, 5) is 27.7. The van der Waals surface area contributed by atoms with Gasteiger partial charge in [0.15, 0.2) is 0 Å². The molecule has 0 aromatic heterocycles. The summed E-state index contributed by atoms with van der Waals surface area (Å²) in [5, 5.41) is 3.23. The molecule has 0 unspecified atom stereocenters. The van der Waals surface area contributed by atoms with Crippen LogP contribution in [0.3, 0.4) is 0 Å². The zero-order chi connectivity index (χ0) is 15.1. The van der Waals surface area contributed by atoms with Crippen LogP contribution >= 0.6 is 0 Å². The normalized spacial score (nSPS) is 20.3. The minimum atomic E-state index is 0.0741. The van der Waals surface area contributed by atoms with Crippen molar-refractivity contribution in [3.05, 3.63) is 0 Å². The summed E-state index contributed by atoms with van der Waals surface area (Å²) in [6, 6.07) is 0. The van der Waals surface area contributed by atoms with Gasteiger partial charge in [-0.3, -0.25) is 9.59 Å². The number of nitrogens with zero attached hydrogens (tertiary/aromatic N) is 2. The average Bonchev–Trinajstić information content (AvgIpc) is 2.54. The van der Waals surface area contributed by atoms with Crippen molar-refractivity contribution in [1.29, 1.82) is 0 Å². The highest BCUT2D eigenvalue weighted by atomic mass is 16.2. The van der Waals surface area contributed by atoms with Gasteiger partial charge >= 0.3 is 0 Å². The van der Waals surface area contributed by atoms with Gasteiger partial charge in [-0.05, 0) is 12.3 Å². The molecule has 1 aliphatic carbocycles. The predicted molar refractivity (Wildman–Crippen MR) is 82.9 cm³/mol. The van der Waals surface area contributed by atoms with Crippen LogP contribution in [-0.2, 0) is 9.59 Å². The standard InChI is InChI=1S/C16H29N3O2/c1-18(13-16(21)19-11-9-17-10-12-19)15(20)8-7-14-5-3-2-4-6-14/h14,17H,2-13H2,1H3. The second-order valence-electron chi connectivity index (χ2n) is 6.42. The molecule has 0 aromatic carbocycles. The lowest BCUT2D eigenvalue weighted by atomic mass is 9.86. The Balaban J connectivity index is 1.67. The van der Waals surface area contributed by atoms with Crippen molar-refractivity contribution >= 4 is 11.8 Å². The lowest BCUT2D eigenvalue weighted by molar-refractivity contribution is -0.139. The second-order valence-corrected chi connectivity index (χ2v) is 6.42. The monoisotopic (exact) mass is 295 g/mol. The molecule has 21 heavy (non-hydrogen) atoms. The van der Waals surface area contributed by atoms with Crippen LogP contribution in [0.15, 0.2) is 0 Å². The van der Waals surface area contributed by atoms with Gasteiger partial charge in [-0.2, -0.15) is 0 Å². The van der Waals surface area contributed by atoms with Gasteiger partial charge in [0, 0.05) is 39.6 Å². The first kappa shape index (κ1) is 16.3. The Morgan fingerprint density at radius 3 is 2.48 bits per heavy atom. The lowest BCUT2D eigenvalue weighted by Crippen LogP contribution is -2.49. The van der Waals surface area contributed by atoms with Crippen LogP contribution in [-0.4, -0.2) is 61.4 Å². The fourth-order valence-electron chi connectivity index (χ4n) is 3.30. The van der Waals surface area contributed by atoms with Crippen LogP contribution in [0.5, 0.6) is 0 Å². The van der Waals surface area contributed by atoms with Gasteiger partial charge in [-0.1, -0.05) is 32.1 Å². The summed E-state index contributed by atoms with van der Waals surface area (Å²) in [6.07, 6.45) is 8.12. The summed E-state index contributed by atoms with van der Waals surface area (Å²) in [6.45, 7) is 3.44. The Morgan fingerprint density at radius 2 is 1.81 bits per heavy atom. The molecule has 2 fully saturated rings. The Kier molecular flexibility index (Phi) is 6.49. The van der Waals surface area contributed by atoms with Gasteiger partial charge in [0.2, 0.25) is 11.8 Å². The molecule has 1 aliphatic heterocycles. The molecule has 0 atom stereocenters. The van der Waals surface area contributed by atoms with Crippen LogP contribution in [0.2, 0.25) is 0 Å². The maximum atomic E-state index is 12.1. The van der Waals surface area contributed by atoms with Gasteiger partial charge < -0.3 is 15.1 Å². The van der Waals surface area contributed by atoms with E-state index in [0.717, 1.165) is 38.5 Å². The Labute approximate surface area is 128 Å². The molecule has 1 heterocycles. The number of carbonyl (C=O) groups excluding carboxylic acids is 2. The Morgan fingerprint density at radius 1 is 1.14 bits per heavy atom. The molecular formula is C16H29N3O2. The molecule has 0 aromatic rings. The second kappa shape index (κ2) is 8.37. The molecule has 2 amide bonds. The third-order valence-corrected chi connectivity index (χ3v) is 4.76. The third kappa shape index (κ3) is 5.30. The zero-order valence-electron chi connectivity index (χ0n) is 13.3. The summed E-state index contributed by atoms with van der Waals surface area (Å²) in [7, 11) is 1.75. The van der Waals surface area contributed by atoms with E-state index in [1.54, 1.807) is 11.9 Å². The number of hydrogen-bond acceptors (Lipinski definition) is 3. The minimum absolute atomic E-state index is 0.0741. The molecule has 2 aliphatic rings. The van der Waals surface area contributed by atoms with Crippen LogP contribution in [0.4, 0.5) is 0 Å². The SMILES string of the molecule is CN(CC(=O)N1CCNCC1)C(=O)CCC1CCCCC1. The highest BCUT2D eigenvalue weighted by Gasteiger charge is 2.21. The van der Waals surface area contributed by atoms with Gasteiger partial charge in [-0.25, -0.2) is 0 Å². The quantitative estimate of drug-likeness (QED) is 0.830. The lowest BCUT2D eigenvalue weighted by Gasteiger charge is -2.29. The van der Waals surface area contributed by atoms with Gasteiger partial charge in [-0.15, -0.1) is 0 Å². The van der Waals surface area contributed by atoms with Gasteiger partial charge in [0.1, 0.15) is 0 Å². The number of carbonyl (C=O) groups is 2. The third-order valence-electron chi connectivity index (χ3n) is 4.76. The first-order valence-corrected chi connectivity index (χ1v) is 8.39. The highest BCUT2D eigenvalue weighted by Crippen LogP contribution is 2.27. The first-order chi connectivity index (χ1) is 10.2. The number of rotatable bonds is 5. The molecule has 1 saturated heterocycles. The predicted octanol–water partition coefficient (Wildman–Crippen LogP) is 1.24. The number of amides is 2. The van der Waals surface area contributed by atoms with Crippen molar-refractivity contribution < 1.29 is 9.59 Å². The van der Waals surface area contributed by atoms with E-state index in [4.69, 9.17) is 0 Å². The van der Waals surface area contributed by atoms with E-state index in [0.29, 0.717) is 6.42 Å². The van der Waals surface area contributed by atoms with Crippen molar-refractivity contribution in [3.8, 4) is 0 Å². The number of nitrogens with one attached hydrogen (secondary N) is 1. The molecular weight excluding hydrogens is 266 g/mol. The molecule has 1 N–H and O–H groups in total. The number of hydrogen-bond donors (Lipinski definition) is 1. The fraction of sp³-hybridized carbons (Fsp3) is 0.875. The van der Waals surface area contributed by atoms with E-state index in [9.17, 15) is 9.59 Å². The Hall–Kier alpha value is -1.10. The van der Waals surface area contributed by atoms with E-state index in [1.807, 2.05) is 4.90 Å². The van der Waals surface area contributed by atoms with Crippen molar-refractivity contribution in [2.75, 3.05) is 39.8 Å². The topological polar surface area (TPSA) is 52.7 Å². The van der Waals surface area contributed by atoms with Crippen LogP contribution in [0.25, 0.3) is 0 Å². The van der Waals surface area contributed by atoms with Crippen LogP contribution in [0.1, 0.15) is 44.9 Å². The van der Waals surface area contributed by atoms with Crippen LogP contribution in [0, 0.1) is 5.92 Å². The van der Waals surface area contributed by atoms with Gasteiger partial charge in [0.25, 0.3) is 0 Å². The largest absolute Gasteiger partial charge is 0.339 e. The molecule has 120 valence electrons. The fourth-order valence-corrected chi connectivity index (χ4v) is 3.30. The minimum Gasteiger partial charge on any atom is -0.339 e. The zero-order valence-corrected chi connectivity index (χ0v) is 13.3. The van der Waals surface area contributed by atoms with E-state index in [-0.39, 0.29) is 18.4 Å².